The van der Waals surface area contributed by atoms with Crippen molar-refractivity contribution in [3.63, 3.8) is 0 Å². The molecular weight excluding hydrogens is 344 g/mol. The number of amides is 2. The first kappa shape index (κ1) is 15.8. The normalized spacial score (nSPS) is 24.2. The molecule has 2 unspecified atom stereocenters. The molecular formula is C18H15ClN2O4. The van der Waals surface area contributed by atoms with E-state index in [2.05, 4.69) is 5.32 Å². The zero-order chi connectivity index (χ0) is 17.8. The minimum atomic E-state index is -1.01. The Morgan fingerprint density at radius 3 is 2.72 bits per heavy atom. The molecule has 2 aromatic carbocycles. The molecule has 128 valence electrons. The third-order valence-corrected chi connectivity index (χ3v) is 4.84. The standard InChI is InChI=1S/C18H15ClN2O4/c1-18-9-14(13-8-11(19)4-7-15(13)25-18)20-17(24)21(18)12-5-2-10(3-6-12)16(22)23/h2-8,14H,9H2,1H3,(H,20,24)(H,22,23). The average Bonchev–Trinajstić information content (AvgIpc) is 2.55. The lowest BCUT2D eigenvalue weighted by Crippen LogP contribution is -2.65. The van der Waals surface area contributed by atoms with Crippen LogP contribution in [-0.4, -0.2) is 22.8 Å². The van der Waals surface area contributed by atoms with Gasteiger partial charge in [-0.3, -0.25) is 4.90 Å². The molecule has 2 N–H and O–H groups in total. The van der Waals surface area contributed by atoms with Crippen LogP contribution < -0.4 is 15.0 Å². The summed E-state index contributed by atoms with van der Waals surface area (Å²) in [5, 5.41) is 12.6. The highest BCUT2D eigenvalue weighted by atomic mass is 35.5. The summed E-state index contributed by atoms with van der Waals surface area (Å²) in [5.74, 6) is -0.337. The van der Waals surface area contributed by atoms with E-state index in [0.717, 1.165) is 5.56 Å². The summed E-state index contributed by atoms with van der Waals surface area (Å²) in [5.41, 5.74) is 0.715. The number of carboxylic acids is 1. The zero-order valence-corrected chi connectivity index (χ0v) is 14.1. The number of hydrogen-bond acceptors (Lipinski definition) is 3. The number of aromatic carboxylic acids is 1. The number of nitrogens with zero attached hydrogens (tertiary/aromatic N) is 1. The summed E-state index contributed by atoms with van der Waals surface area (Å²) in [6.07, 6.45) is 0.548. The van der Waals surface area contributed by atoms with Crippen LogP contribution in [0.4, 0.5) is 10.5 Å². The van der Waals surface area contributed by atoms with Gasteiger partial charge in [0, 0.05) is 22.7 Å². The van der Waals surface area contributed by atoms with Gasteiger partial charge in [0.25, 0.3) is 0 Å². The first-order valence-corrected chi connectivity index (χ1v) is 8.18. The van der Waals surface area contributed by atoms with Crippen LogP contribution in [0.1, 0.15) is 35.3 Å². The summed E-state index contributed by atoms with van der Waals surface area (Å²) >= 11 is 6.06. The van der Waals surface area contributed by atoms with Crippen molar-refractivity contribution < 1.29 is 19.4 Å². The van der Waals surface area contributed by atoms with Crippen molar-refractivity contribution in [3.05, 3.63) is 58.6 Å². The van der Waals surface area contributed by atoms with Gasteiger partial charge in [-0.05, 0) is 49.4 Å². The van der Waals surface area contributed by atoms with Crippen LogP contribution in [0.2, 0.25) is 5.02 Å². The molecule has 2 aliphatic rings. The Morgan fingerprint density at radius 2 is 2.04 bits per heavy atom. The largest absolute Gasteiger partial charge is 0.478 e. The summed E-state index contributed by atoms with van der Waals surface area (Å²) in [6, 6.07) is 11.0. The van der Waals surface area contributed by atoms with E-state index in [4.69, 9.17) is 21.4 Å². The Bertz CT molecular complexity index is 883. The first-order valence-electron chi connectivity index (χ1n) is 7.80. The lowest BCUT2D eigenvalue weighted by molar-refractivity contribution is 0.0379. The van der Waals surface area contributed by atoms with Crippen LogP contribution >= 0.6 is 11.6 Å². The van der Waals surface area contributed by atoms with Crippen molar-refractivity contribution in [1.82, 2.24) is 5.32 Å². The Kier molecular flexibility index (Phi) is 3.40. The Hall–Kier alpha value is -2.73. The highest BCUT2D eigenvalue weighted by Crippen LogP contribution is 2.46. The molecule has 2 amide bonds. The lowest BCUT2D eigenvalue weighted by atomic mass is 9.90. The van der Waals surface area contributed by atoms with E-state index in [-0.39, 0.29) is 17.6 Å². The Morgan fingerprint density at radius 1 is 1.32 bits per heavy atom. The minimum Gasteiger partial charge on any atom is -0.478 e. The quantitative estimate of drug-likeness (QED) is 0.855. The van der Waals surface area contributed by atoms with Gasteiger partial charge in [0.15, 0.2) is 5.72 Å². The van der Waals surface area contributed by atoms with Gasteiger partial charge in [-0.1, -0.05) is 11.6 Å². The van der Waals surface area contributed by atoms with Gasteiger partial charge in [0.2, 0.25) is 0 Å². The molecule has 0 aliphatic carbocycles. The van der Waals surface area contributed by atoms with Gasteiger partial charge in [0.05, 0.1) is 11.6 Å². The summed E-state index contributed by atoms with van der Waals surface area (Å²) < 4.78 is 6.15. The molecule has 25 heavy (non-hydrogen) atoms. The average molecular weight is 359 g/mol. The zero-order valence-electron chi connectivity index (χ0n) is 13.3. The van der Waals surface area contributed by atoms with Crippen LogP contribution in [0.15, 0.2) is 42.5 Å². The monoisotopic (exact) mass is 358 g/mol. The van der Waals surface area contributed by atoms with Crippen LogP contribution in [0, 0.1) is 0 Å². The fourth-order valence-electron chi connectivity index (χ4n) is 3.49. The Balaban J connectivity index is 1.75. The number of anilines is 1. The molecule has 0 spiro atoms. The number of carbonyl (C=O) groups is 2. The molecule has 6 nitrogen and oxygen atoms in total. The van der Waals surface area contributed by atoms with Crippen molar-refractivity contribution in [2.45, 2.75) is 25.1 Å². The molecule has 2 atom stereocenters. The molecule has 0 aromatic heterocycles. The van der Waals surface area contributed by atoms with Gasteiger partial charge < -0.3 is 15.2 Å². The molecule has 2 heterocycles. The van der Waals surface area contributed by atoms with E-state index < -0.39 is 11.7 Å². The second-order valence-corrected chi connectivity index (χ2v) is 6.79. The van der Waals surface area contributed by atoms with Gasteiger partial charge in [-0.2, -0.15) is 0 Å². The van der Waals surface area contributed by atoms with Gasteiger partial charge in [0.1, 0.15) is 5.75 Å². The molecule has 0 saturated carbocycles. The molecule has 7 heteroatoms. The molecule has 4 rings (SSSR count). The SMILES string of the molecule is CC12CC(NC(=O)N1c1ccc(C(=O)O)cc1)c1cc(Cl)ccc1O2. The number of hydrogen-bond donors (Lipinski definition) is 2. The number of fused-ring (bicyclic) bond motifs is 4. The van der Waals surface area contributed by atoms with E-state index >= 15 is 0 Å². The fourth-order valence-corrected chi connectivity index (χ4v) is 3.67. The maximum atomic E-state index is 12.7. The number of ether oxygens (including phenoxy) is 1. The van der Waals surface area contributed by atoms with Gasteiger partial charge >= 0.3 is 12.0 Å². The summed E-state index contributed by atoms with van der Waals surface area (Å²) in [6.45, 7) is 1.85. The van der Waals surface area contributed by atoms with E-state index in [0.29, 0.717) is 22.9 Å². The van der Waals surface area contributed by atoms with Crippen molar-refractivity contribution in [2.75, 3.05) is 4.90 Å². The minimum absolute atomic E-state index is 0.161. The first-order chi connectivity index (χ1) is 11.9. The fraction of sp³-hybridized carbons (Fsp3) is 0.222. The van der Waals surface area contributed by atoms with Crippen LogP contribution in [0.3, 0.4) is 0 Å². The molecule has 2 bridgehead atoms. The molecule has 1 saturated heterocycles. The van der Waals surface area contributed by atoms with E-state index in [1.807, 2.05) is 6.92 Å². The van der Waals surface area contributed by atoms with Crippen molar-refractivity contribution in [1.29, 1.82) is 0 Å². The van der Waals surface area contributed by atoms with Crippen molar-refractivity contribution >= 4 is 29.3 Å². The third kappa shape index (κ3) is 2.49. The predicted octanol–water partition coefficient (Wildman–Crippen LogP) is 3.81. The topological polar surface area (TPSA) is 78.9 Å². The van der Waals surface area contributed by atoms with Gasteiger partial charge in [-0.25, -0.2) is 9.59 Å². The lowest BCUT2D eigenvalue weighted by Gasteiger charge is -2.50. The number of carbonyl (C=O) groups excluding carboxylic acids is 1. The number of carboxylic acid groups (broad SMARTS) is 1. The van der Waals surface area contributed by atoms with Crippen molar-refractivity contribution in [2.24, 2.45) is 0 Å². The molecule has 2 aromatic rings. The summed E-state index contributed by atoms with van der Waals surface area (Å²) in [4.78, 5) is 25.3. The predicted molar refractivity (Wildman–Crippen MR) is 92.3 cm³/mol. The number of benzene rings is 2. The van der Waals surface area contributed by atoms with Crippen molar-refractivity contribution in [3.8, 4) is 5.75 Å². The highest BCUT2D eigenvalue weighted by molar-refractivity contribution is 6.30. The molecule has 0 radical (unpaired) electrons. The Labute approximate surface area is 149 Å². The van der Waals surface area contributed by atoms with E-state index in [1.165, 1.54) is 17.0 Å². The van der Waals surface area contributed by atoms with Gasteiger partial charge in [-0.15, -0.1) is 0 Å². The second-order valence-electron chi connectivity index (χ2n) is 6.35. The second kappa shape index (κ2) is 5.39. The molecule has 1 fully saturated rings. The van der Waals surface area contributed by atoms with Crippen LogP contribution in [0.5, 0.6) is 5.75 Å². The number of rotatable bonds is 2. The summed E-state index contributed by atoms with van der Waals surface area (Å²) in [7, 11) is 0. The number of nitrogens with one attached hydrogen (secondary N) is 1. The third-order valence-electron chi connectivity index (χ3n) is 4.61. The maximum Gasteiger partial charge on any atom is 0.335 e. The highest BCUT2D eigenvalue weighted by Gasteiger charge is 2.49. The maximum absolute atomic E-state index is 12.7. The van der Waals surface area contributed by atoms with Crippen LogP contribution in [0.25, 0.3) is 0 Å². The molecule has 2 aliphatic heterocycles. The van der Waals surface area contributed by atoms with E-state index in [9.17, 15) is 9.59 Å². The number of halogens is 1. The smallest absolute Gasteiger partial charge is 0.335 e. The van der Waals surface area contributed by atoms with E-state index in [1.54, 1.807) is 30.3 Å². The number of urea groups is 1. The van der Waals surface area contributed by atoms with Crippen LogP contribution in [-0.2, 0) is 0 Å².